The maximum absolute atomic E-state index is 2.47. The van der Waals surface area contributed by atoms with Crippen LogP contribution in [-0.4, -0.2) is 7.85 Å². The van der Waals surface area contributed by atoms with E-state index in [9.17, 15) is 0 Å². The standard InChI is InChI=1S/C10H19B/c1-9(2)7-4-5-10(3,11)8(9)6-7/h7-8H,4-6,11H2,1-3H3. The largest absolute Gasteiger partial charge is 0.109 e. The first-order valence-electron chi connectivity index (χ1n) is 4.94. The van der Waals surface area contributed by atoms with Gasteiger partial charge >= 0.3 is 0 Å². The van der Waals surface area contributed by atoms with Crippen molar-refractivity contribution in [2.75, 3.05) is 0 Å². The molecule has 0 heterocycles. The van der Waals surface area contributed by atoms with Crippen molar-refractivity contribution in [3.63, 3.8) is 0 Å². The van der Waals surface area contributed by atoms with Crippen molar-refractivity contribution in [2.24, 2.45) is 17.3 Å². The Bertz CT molecular complexity index is 171. The molecule has 0 aromatic rings. The Balaban J connectivity index is 2.23. The van der Waals surface area contributed by atoms with Gasteiger partial charge in [-0.25, -0.2) is 0 Å². The fourth-order valence-corrected chi connectivity index (χ4v) is 3.55. The highest BCUT2D eigenvalue weighted by Gasteiger charge is 2.56. The molecule has 0 saturated heterocycles. The molecule has 1 heteroatoms. The molecule has 3 aliphatic carbocycles. The number of hydrogen-bond acceptors (Lipinski definition) is 0. The van der Waals surface area contributed by atoms with E-state index in [1.54, 1.807) is 0 Å². The first-order valence-corrected chi connectivity index (χ1v) is 4.94. The van der Waals surface area contributed by atoms with E-state index in [4.69, 9.17) is 0 Å². The summed E-state index contributed by atoms with van der Waals surface area (Å²) in [5.74, 6) is 2.06. The van der Waals surface area contributed by atoms with Crippen LogP contribution in [0.4, 0.5) is 0 Å². The molecule has 3 atom stereocenters. The third-order valence-corrected chi connectivity index (χ3v) is 4.55. The minimum absolute atomic E-state index is 0.637. The van der Waals surface area contributed by atoms with Crippen molar-refractivity contribution in [2.45, 2.75) is 45.3 Å². The van der Waals surface area contributed by atoms with Crippen LogP contribution in [0.2, 0.25) is 5.31 Å². The Hall–Kier alpha value is 0.0649. The Morgan fingerprint density at radius 1 is 1.27 bits per heavy atom. The van der Waals surface area contributed by atoms with Crippen LogP contribution < -0.4 is 0 Å². The van der Waals surface area contributed by atoms with Crippen molar-refractivity contribution in [1.29, 1.82) is 0 Å². The van der Waals surface area contributed by atoms with E-state index in [1.165, 1.54) is 19.3 Å². The molecule has 0 nitrogen and oxygen atoms in total. The molecule has 0 aromatic carbocycles. The van der Waals surface area contributed by atoms with Gasteiger partial charge < -0.3 is 0 Å². The summed E-state index contributed by atoms with van der Waals surface area (Å²) >= 11 is 0. The molecule has 0 radical (unpaired) electrons. The average molecular weight is 150 g/mol. The molecule has 0 N–H and O–H groups in total. The fourth-order valence-electron chi connectivity index (χ4n) is 3.55. The van der Waals surface area contributed by atoms with Gasteiger partial charge in [0.15, 0.2) is 0 Å². The van der Waals surface area contributed by atoms with Gasteiger partial charge in [0.25, 0.3) is 0 Å². The summed E-state index contributed by atoms with van der Waals surface area (Å²) in [5.41, 5.74) is 0.668. The Labute approximate surface area is 71.2 Å². The summed E-state index contributed by atoms with van der Waals surface area (Å²) < 4.78 is 0. The van der Waals surface area contributed by atoms with Crippen LogP contribution in [0.15, 0.2) is 0 Å². The Kier molecular flexibility index (Phi) is 1.30. The average Bonchev–Trinajstić information content (AvgIpc) is 1.84. The maximum Gasteiger partial charge on any atom is 0.109 e. The van der Waals surface area contributed by atoms with Gasteiger partial charge in [-0.3, -0.25) is 0 Å². The van der Waals surface area contributed by atoms with Crippen LogP contribution in [-0.2, 0) is 0 Å². The lowest BCUT2D eigenvalue weighted by Crippen LogP contribution is -2.54. The van der Waals surface area contributed by atoms with Crippen molar-refractivity contribution in [3.8, 4) is 0 Å². The molecule has 2 bridgehead atoms. The van der Waals surface area contributed by atoms with Crippen LogP contribution in [0.1, 0.15) is 40.0 Å². The van der Waals surface area contributed by atoms with Gasteiger partial charge in [-0.05, 0) is 23.7 Å². The lowest BCUT2D eigenvalue weighted by molar-refractivity contribution is -0.0909. The zero-order chi connectivity index (χ0) is 8.28. The zero-order valence-electron chi connectivity index (χ0n) is 8.28. The maximum atomic E-state index is 2.47. The minimum atomic E-state index is 0.637. The van der Waals surface area contributed by atoms with E-state index in [-0.39, 0.29) is 0 Å². The van der Waals surface area contributed by atoms with E-state index in [0.29, 0.717) is 10.7 Å². The highest BCUT2D eigenvalue weighted by molar-refractivity contribution is 6.15. The van der Waals surface area contributed by atoms with Crippen LogP contribution >= 0.6 is 0 Å². The van der Waals surface area contributed by atoms with Gasteiger partial charge in [0.2, 0.25) is 0 Å². The number of rotatable bonds is 0. The van der Waals surface area contributed by atoms with Crippen LogP contribution in [0.5, 0.6) is 0 Å². The van der Waals surface area contributed by atoms with Crippen molar-refractivity contribution >= 4 is 7.85 Å². The quantitative estimate of drug-likeness (QED) is 0.464. The van der Waals surface area contributed by atoms with Gasteiger partial charge in [0.1, 0.15) is 7.85 Å². The molecule has 0 spiro atoms. The third-order valence-electron chi connectivity index (χ3n) is 4.55. The number of fused-ring (bicyclic) bond motifs is 2. The smallest absolute Gasteiger partial charge is 0.0667 e. The van der Waals surface area contributed by atoms with Gasteiger partial charge in [0, 0.05) is 0 Å². The molecule has 0 aliphatic heterocycles. The second-order valence-electron chi connectivity index (χ2n) is 5.83. The molecule has 0 amide bonds. The zero-order valence-corrected chi connectivity index (χ0v) is 8.28. The number of hydrogen-bond donors (Lipinski definition) is 0. The minimum Gasteiger partial charge on any atom is -0.0667 e. The van der Waals surface area contributed by atoms with E-state index < -0.39 is 0 Å². The fraction of sp³-hybridized carbons (Fsp3) is 1.00. The molecule has 11 heavy (non-hydrogen) atoms. The van der Waals surface area contributed by atoms with E-state index in [1.807, 2.05) is 0 Å². The normalized spacial score (nSPS) is 53.4. The van der Waals surface area contributed by atoms with Gasteiger partial charge in [0.05, 0.1) is 0 Å². The summed E-state index contributed by atoms with van der Waals surface area (Å²) in [7, 11) is 2.45. The van der Waals surface area contributed by atoms with Crippen LogP contribution in [0, 0.1) is 17.3 Å². The predicted octanol–water partition coefficient (Wildman–Crippen LogP) is 2.25. The van der Waals surface area contributed by atoms with Crippen molar-refractivity contribution in [1.82, 2.24) is 0 Å². The van der Waals surface area contributed by atoms with E-state index in [0.717, 1.165) is 11.8 Å². The lowest BCUT2D eigenvalue weighted by atomic mass is 9.36. The molecule has 62 valence electrons. The van der Waals surface area contributed by atoms with Crippen molar-refractivity contribution < 1.29 is 0 Å². The molecule has 3 fully saturated rings. The topological polar surface area (TPSA) is 0 Å². The Morgan fingerprint density at radius 3 is 2.18 bits per heavy atom. The first-order chi connectivity index (χ1) is 4.94. The summed E-state index contributed by atoms with van der Waals surface area (Å²) in [6.45, 7) is 7.38. The van der Waals surface area contributed by atoms with Crippen molar-refractivity contribution in [3.05, 3.63) is 0 Å². The predicted molar refractivity (Wildman–Crippen MR) is 51.5 cm³/mol. The van der Waals surface area contributed by atoms with Gasteiger partial charge in [-0.2, -0.15) is 0 Å². The molecule has 0 aromatic heterocycles. The van der Waals surface area contributed by atoms with E-state index in [2.05, 4.69) is 28.6 Å². The molecular formula is C10H19B. The lowest BCUT2D eigenvalue weighted by Gasteiger charge is -2.64. The van der Waals surface area contributed by atoms with Gasteiger partial charge in [-0.15, -0.1) is 0 Å². The summed E-state index contributed by atoms with van der Waals surface area (Å²) in [6, 6.07) is 0. The monoisotopic (exact) mass is 150 g/mol. The molecule has 3 saturated carbocycles. The summed E-state index contributed by atoms with van der Waals surface area (Å²) in [6.07, 6.45) is 4.46. The Morgan fingerprint density at radius 2 is 1.91 bits per heavy atom. The molecule has 3 unspecified atom stereocenters. The third kappa shape index (κ3) is 0.831. The summed E-state index contributed by atoms with van der Waals surface area (Å²) in [4.78, 5) is 0. The van der Waals surface area contributed by atoms with E-state index >= 15 is 0 Å². The second kappa shape index (κ2) is 1.86. The SMILES string of the molecule is BC1(C)CCC2CC1C2(C)C. The second-order valence-corrected chi connectivity index (χ2v) is 5.83. The summed E-state index contributed by atoms with van der Waals surface area (Å²) in [5, 5.41) is 0.637. The molecule has 3 rings (SSSR count). The molecular weight excluding hydrogens is 131 g/mol. The first kappa shape index (κ1) is 7.70. The van der Waals surface area contributed by atoms with Crippen LogP contribution in [0.25, 0.3) is 0 Å². The molecule has 3 aliphatic rings. The van der Waals surface area contributed by atoms with Crippen LogP contribution in [0.3, 0.4) is 0 Å². The van der Waals surface area contributed by atoms with Gasteiger partial charge in [-0.1, -0.05) is 38.9 Å². The highest BCUT2D eigenvalue weighted by Crippen LogP contribution is 2.67. The highest BCUT2D eigenvalue weighted by atomic mass is 14.6.